The van der Waals surface area contributed by atoms with Gasteiger partial charge in [-0.3, -0.25) is 20.4 Å². The molecule has 0 radical (unpaired) electrons. The van der Waals surface area contributed by atoms with Gasteiger partial charge in [-0.05, 0) is 41.1 Å². The maximum absolute atomic E-state index is 12.1. The van der Waals surface area contributed by atoms with Gasteiger partial charge in [-0.1, -0.05) is 30.3 Å². The van der Waals surface area contributed by atoms with Crippen molar-refractivity contribution >= 4 is 34.3 Å². The molecule has 1 heterocycles. The topological polar surface area (TPSA) is 76.7 Å². The number of fused-ring (bicyclic) bond motifs is 2. The fourth-order valence-electron chi connectivity index (χ4n) is 2.68. The lowest BCUT2D eigenvalue weighted by molar-refractivity contribution is -0.119. The molecule has 0 fully saturated rings. The first-order valence-electron chi connectivity index (χ1n) is 8.29. The van der Waals surface area contributed by atoms with Gasteiger partial charge in [0.15, 0.2) is 11.5 Å². The number of carbonyl (C=O) groups is 2. The average molecular weight is 380 g/mol. The highest BCUT2D eigenvalue weighted by Crippen LogP contribution is 2.32. The molecule has 0 unspecified atom stereocenters. The van der Waals surface area contributed by atoms with Crippen LogP contribution in [0.3, 0.4) is 0 Å². The van der Waals surface area contributed by atoms with Crippen LogP contribution in [-0.2, 0) is 4.79 Å². The van der Waals surface area contributed by atoms with Crippen molar-refractivity contribution < 1.29 is 19.1 Å². The Morgan fingerprint density at radius 2 is 1.70 bits per heavy atom. The summed E-state index contributed by atoms with van der Waals surface area (Å²) in [6, 6.07) is 18.9. The zero-order valence-electron chi connectivity index (χ0n) is 14.2. The van der Waals surface area contributed by atoms with Crippen LogP contribution in [0.25, 0.3) is 10.8 Å². The minimum absolute atomic E-state index is 0.142. The van der Waals surface area contributed by atoms with E-state index in [-0.39, 0.29) is 18.5 Å². The minimum atomic E-state index is -0.419. The molecule has 27 heavy (non-hydrogen) atoms. The molecule has 6 nitrogen and oxygen atoms in total. The molecule has 1 aliphatic rings. The van der Waals surface area contributed by atoms with E-state index >= 15 is 0 Å². The number of thioether (sulfide) groups is 1. The van der Waals surface area contributed by atoms with Crippen LogP contribution in [0.4, 0.5) is 0 Å². The molecule has 2 N–H and O–H groups in total. The number of nitrogens with one attached hydrogen (secondary N) is 2. The van der Waals surface area contributed by atoms with Crippen molar-refractivity contribution in [2.45, 2.75) is 4.90 Å². The van der Waals surface area contributed by atoms with E-state index in [0.717, 1.165) is 15.7 Å². The number of hydrazine groups is 1. The minimum Gasteiger partial charge on any atom is -0.454 e. The summed E-state index contributed by atoms with van der Waals surface area (Å²) in [6.07, 6.45) is 0. The monoisotopic (exact) mass is 380 g/mol. The van der Waals surface area contributed by atoms with E-state index in [9.17, 15) is 9.59 Å². The number of benzene rings is 3. The van der Waals surface area contributed by atoms with Gasteiger partial charge in [0, 0.05) is 10.5 Å². The molecule has 0 aliphatic carbocycles. The van der Waals surface area contributed by atoms with Crippen LogP contribution in [0.2, 0.25) is 0 Å². The molecule has 7 heteroatoms. The van der Waals surface area contributed by atoms with E-state index in [1.54, 1.807) is 18.2 Å². The second-order valence-corrected chi connectivity index (χ2v) is 6.92. The van der Waals surface area contributed by atoms with Gasteiger partial charge in [-0.2, -0.15) is 0 Å². The van der Waals surface area contributed by atoms with Crippen LogP contribution >= 0.6 is 11.8 Å². The Morgan fingerprint density at radius 3 is 2.59 bits per heavy atom. The molecule has 0 bridgehead atoms. The Kier molecular flexibility index (Phi) is 4.84. The molecule has 0 spiro atoms. The normalized spacial score (nSPS) is 12.0. The van der Waals surface area contributed by atoms with Crippen LogP contribution in [-0.4, -0.2) is 24.4 Å². The predicted octanol–water partition coefficient (Wildman–Crippen LogP) is 3.12. The first-order valence-corrected chi connectivity index (χ1v) is 9.28. The largest absolute Gasteiger partial charge is 0.454 e. The molecule has 0 aromatic heterocycles. The Balaban J connectivity index is 1.29. The Morgan fingerprint density at radius 1 is 0.889 bits per heavy atom. The van der Waals surface area contributed by atoms with Crippen molar-refractivity contribution in [2.75, 3.05) is 12.5 Å². The van der Waals surface area contributed by atoms with E-state index in [1.807, 2.05) is 42.5 Å². The molecule has 4 rings (SSSR count). The average Bonchev–Trinajstić information content (AvgIpc) is 3.18. The summed E-state index contributed by atoms with van der Waals surface area (Å²) in [5, 5.41) is 2.28. The first-order chi connectivity index (χ1) is 13.2. The van der Waals surface area contributed by atoms with Gasteiger partial charge in [-0.25, -0.2) is 0 Å². The molecule has 3 aromatic rings. The van der Waals surface area contributed by atoms with Crippen LogP contribution < -0.4 is 20.3 Å². The van der Waals surface area contributed by atoms with E-state index < -0.39 is 5.91 Å². The molecule has 0 saturated carbocycles. The maximum Gasteiger partial charge on any atom is 0.269 e. The van der Waals surface area contributed by atoms with E-state index in [2.05, 4.69) is 10.9 Å². The lowest BCUT2D eigenvalue weighted by atomic mass is 10.1. The SMILES string of the molecule is O=C(CSc1ccc2ccccc2c1)NNC(=O)c1ccc2c(c1)OCO2. The summed E-state index contributed by atoms with van der Waals surface area (Å²) in [7, 11) is 0. The smallest absolute Gasteiger partial charge is 0.269 e. The zero-order chi connectivity index (χ0) is 18.6. The van der Waals surface area contributed by atoms with Gasteiger partial charge in [0.2, 0.25) is 12.7 Å². The van der Waals surface area contributed by atoms with Crippen molar-refractivity contribution in [3.63, 3.8) is 0 Å². The number of amides is 2. The standard InChI is InChI=1S/C20H16N2O4S/c23-19(11-27-16-7-5-13-3-1-2-4-14(13)9-16)21-22-20(24)15-6-8-17-18(10-15)26-12-25-17/h1-10H,11-12H2,(H,21,23)(H,22,24). The Labute approximate surface area is 159 Å². The van der Waals surface area contributed by atoms with Crippen LogP contribution in [0.1, 0.15) is 10.4 Å². The fraction of sp³-hybridized carbons (Fsp3) is 0.100. The van der Waals surface area contributed by atoms with Gasteiger partial charge in [0.1, 0.15) is 0 Å². The van der Waals surface area contributed by atoms with Crippen molar-refractivity contribution in [1.29, 1.82) is 0 Å². The van der Waals surface area contributed by atoms with Crippen LogP contribution in [0.15, 0.2) is 65.6 Å². The molecule has 3 aromatic carbocycles. The molecular formula is C20H16N2O4S. The molecule has 0 saturated heterocycles. The highest BCUT2D eigenvalue weighted by Gasteiger charge is 2.16. The summed E-state index contributed by atoms with van der Waals surface area (Å²) >= 11 is 1.41. The van der Waals surface area contributed by atoms with Crippen molar-refractivity contribution in [2.24, 2.45) is 0 Å². The lowest BCUT2D eigenvalue weighted by Gasteiger charge is -2.08. The van der Waals surface area contributed by atoms with Crippen molar-refractivity contribution in [3.8, 4) is 11.5 Å². The maximum atomic E-state index is 12.1. The van der Waals surface area contributed by atoms with Crippen LogP contribution in [0, 0.1) is 0 Å². The van der Waals surface area contributed by atoms with Crippen molar-refractivity contribution in [3.05, 3.63) is 66.2 Å². The van der Waals surface area contributed by atoms with E-state index in [4.69, 9.17) is 9.47 Å². The number of carbonyl (C=O) groups excluding carboxylic acids is 2. The second kappa shape index (κ2) is 7.59. The molecule has 136 valence electrons. The number of hydrogen-bond acceptors (Lipinski definition) is 5. The number of rotatable bonds is 4. The molecule has 1 aliphatic heterocycles. The van der Waals surface area contributed by atoms with Gasteiger partial charge >= 0.3 is 0 Å². The summed E-state index contributed by atoms with van der Waals surface area (Å²) in [5.41, 5.74) is 5.21. The van der Waals surface area contributed by atoms with Gasteiger partial charge in [0.25, 0.3) is 5.91 Å². The predicted molar refractivity (Wildman–Crippen MR) is 103 cm³/mol. The molecular weight excluding hydrogens is 364 g/mol. The van der Waals surface area contributed by atoms with E-state index in [1.165, 1.54) is 11.8 Å². The summed E-state index contributed by atoms with van der Waals surface area (Å²) in [5.74, 6) is 0.600. The number of hydrogen-bond donors (Lipinski definition) is 2. The highest BCUT2D eigenvalue weighted by atomic mass is 32.2. The van der Waals surface area contributed by atoms with Gasteiger partial charge < -0.3 is 9.47 Å². The third-order valence-electron chi connectivity index (χ3n) is 4.04. The number of ether oxygens (including phenoxy) is 2. The second-order valence-electron chi connectivity index (χ2n) is 5.87. The summed E-state index contributed by atoms with van der Waals surface area (Å²) < 4.78 is 10.4. The summed E-state index contributed by atoms with van der Waals surface area (Å²) in [4.78, 5) is 25.1. The molecule has 0 atom stereocenters. The third-order valence-corrected chi connectivity index (χ3v) is 5.03. The van der Waals surface area contributed by atoms with Crippen LogP contribution in [0.5, 0.6) is 11.5 Å². The lowest BCUT2D eigenvalue weighted by Crippen LogP contribution is -2.42. The quantitative estimate of drug-likeness (QED) is 0.537. The third kappa shape index (κ3) is 3.98. The highest BCUT2D eigenvalue weighted by molar-refractivity contribution is 8.00. The van der Waals surface area contributed by atoms with E-state index in [0.29, 0.717) is 17.1 Å². The van der Waals surface area contributed by atoms with Gasteiger partial charge in [-0.15, -0.1) is 11.8 Å². The van der Waals surface area contributed by atoms with Gasteiger partial charge in [0.05, 0.1) is 5.75 Å². The fourth-order valence-corrected chi connectivity index (χ4v) is 3.42. The first kappa shape index (κ1) is 17.2. The summed E-state index contributed by atoms with van der Waals surface area (Å²) in [6.45, 7) is 0.142. The zero-order valence-corrected chi connectivity index (χ0v) is 15.0. The molecule has 2 amide bonds. The Bertz CT molecular complexity index is 1020. The van der Waals surface area contributed by atoms with Crippen molar-refractivity contribution in [1.82, 2.24) is 10.9 Å². The Hall–Kier alpha value is -3.19.